The third-order valence-corrected chi connectivity index (χ3v) is 4.11. The Morgan fingerprint density at radius 1 is 1.25 bits per heavy atom. The summed E-state index contributed by atoms with van der Waals surface area (Å²) in [6, 6.07) is 0. The van der Waals surface area contributed by atoms with Crippen LogP contribution in [0.5, 0.6) is 0 Å². The minimum absolute atomic E-state index is 0.163. The van der Waals surface area contributed by atoms with Crippen LogP contribution < -0.4 is 5.32 Å². The molecule has 20 heavy (non-hydrogen) atoms. The Hall–Kier alpha value is -0.540. The van der Waals surface area contributed by atoms with E-state index in [1.807, 2.05) is 0 Å². The van der Waals surface area contributed by atoms with Crippen LogP contribution in [0.2, 0.25) is 5.02 Å². The molecule has 3 nitrogen and oxygen atoms in total. The lowest BCUT2D eigenvalue weighted by Gasteiger charge is -2.25. The van der Waals surface area contributed by atoms with E-state index in [1.54, 1.807) is 0 Å². The lowest BCUT2D eigenvalue weighted by atomic mass is 9.98. The van der Waals surface area contributed by atoms with Crippen molar-refractivity contribution in [2.24, 2.45) is 5.92 Å². The van der Waals surface area contributed by atoms with Gasteiger partial charge in [-0.3, -0.25) is 4.68 Å². The van der Waals surface area contributed by atoms with E-state index in [1.165, 1.54) is 5.69 Å². The normalized spacial score (nSPS) is 13.8. The van der Waals surface area contributed by atoms with Crippen molar-refractivity contribution >= 4 is 11.6 Å². The van der Waals surface area contributed by atoms with Crippen LogP contribution in [-0.2, 0) is 19.4 Å². The molecule has 0 aliphatic heterocycles. The summed E-state index contributed by atoms with van der Waals surface area (Å²) in [5.41, 5.74) is 2.40. The summed E-state index contributed by atoms with van der Waals surface area (Å²) in [5.74, 6) is 0.596. The summed E-state index contributed by atoms with van der Waals surface area (Å²) in [4.78, 5) is 0. The van der Waals surface area contributed by atoms with Gasteiger partial charge in [0.1, 0.15) is 0 Å². The van der Waals surface area contributed by atoms with Crippen molar-refractivity contribution in [2.75, 3.05) is 6.54 Å². The van der Waals surface area contributed by atoms with Gasteiger partial charge < -0.3 is 5.32 Å². The van der Waals surface area contributed by atoms with E-state index < -0.39 is 0 Å². The summed E-state index contributed by atoms with van der Waals surface area (Å²) < 4.78 is 2.07. The lowest BCUT2D eigenvalue weighted by Crippen LogP contribution is -2.39. The number of aryl methyl sites for hydroxylation is 2. The lowest BCUT2D eigenvalue weighted by molar-refractivity contribution is 0.358. The second-order valence-corrected chi connectivity index (χ2v) is 6.86. The maximum atomic E-state index is 6.50. The summed E-state index contributed by atoms with van der Waals surface area (Å²) >= 11 is 6.50. The number of nitrogens with zero attached hydrogens (tertiary/aromatic N) is 2. The molecule has 0 fully saturated rings. The van der Waals surface area contributed by atoms with E-state index in [0.717, 1.165) is 43.1 Å². The molecule has 1 N–H and O–H groups in total. The Bertz CT molecular complexity index is 418. The minimum atomic E-state index is 0.163. The van der Waals surface area contributed by atoms with Crippen LogP contribution in [0.15, 0.2) is 0 Å². The fraction of sp³-hybridized carbons (Fsp3) is 0.812. The standard InChI is InChI=1S/C16H30ClN3/c1-7-12(11-18-16(4,5)6)10-14-15(17)13(8-2)19-20(14)9-3/h12,18H,7-11H2,1-6H3. The molecule has 0 aliphatic rings. The molecule has 0 saturated heterocycles. The molecule has 4 heteroatoms. The van der Waals surface area contributed by atoms with Crippen LogP contribution in [-0.4, -0.2) is 21.9 Å². The van der Waals surface area contributed by atoms with Gasteiger partial charge in [0.25, 0.3) is 0 Å². The zero-order valence-electron chi connectivity index (χ0n) is 13.9. The molecule has 0 aromatic carbocycles. The Kier molecular flexibility index (Phi) is 6.53. The van der Waals surface area contributed by atoms with Gasteiger partial charge in [-0.25, -0.2) is 0 Å². The Morgan fingerprint density at radius 3 is 2.35 bits per heavy atom. The third kappa shape index (κ3) is 4.78. The number of rotatable bonds is 7. The van der Waals surface area contributed by atoms with E-state index in [0.29, 0.717) is 5.92 Å². The molecular formula is C16H30ClN3. The van der Waals surface area contributed by atoms with Gasteiger partial charge in [0, 0.05) is 12.1 Å². The summed E-state index contributed by atoms with van der Waals surface area (Å²) in [6.45, 7) is 15.0. The molecule has 0 amide bonds. The molecule has 1 rings (SSSR count). The first-order valence-corrected chi connectivity index (χ1v) is 8.19. The molecule has 1 atom stereocenters. The maximum absolute atomic E-state index is 6.50. The van der Waals surface area contributed by atoms with Crippen molar-refractivity contribution in [3.63, 3.8) is 0 Å². The van der Waals surface area contributed by atoms with E-state index in [-0.39, 0.29) is 5.54 Å². The topological polar surface area (TPSA) is 29.9 Å². The monoisotopic (exact) mass is 299 g/mol. The van der Waals surface area contributed by atoms with Gasteiger partial charge in [-0.1, -0.05) is 31.9 Å². The summed E-state index contributed by atoms with van der Waals surface area (Å²) in [5, 5.41) is 9.08. The van der Waals surface area contributed by atoms with Crippen LogP contribution in [0.4, 0.5) is 0 Å². The number of halogens is 1. The second kappa shape index (κ2) is 7.46. The molecule has 116 valence electrons. The van der Waals surface area contributed by atoms with Gasteiger partial charge in [-0.15, -0.1) is 0 Å². The van der Waals surface area contributed by atoms with Gasteiger partial charge in [-0.2, -0.15) is 5.10 Å². The average Bonchev–Trinajstić information content (AvgIpc) is 2.69. The van der Waals surface area contributed by atoms with Crippen LogP contribution in [0.25, 0.3) is 0 Å². The van der Waals surface area contributed by atoms with E-state index in [9.17, 15) is 0 Å². The molecule has 0 spiro atoms. The average molecular weight is 300 g/mol. The molecule has 0 radical (unpaired) electrons. The van der Waals surface area contributed by atoms with Crippen molar-refractivity contribution in [3.8, 4) is 0 Å². The second-order valence-electron chi connectivity index (χ2n) is 6.49. The molecule has 0 saturated carbocycles. The Morgan fingerprint density at radius 2 is 1.90 bits per heavy atom. The predicted octanol–water partition coefficient (Wildman–Crippen LogP) is 4.08. The van der Waals surface area contributed by atoms with E-state index >= 15 is 0 Å². The highest BCUT2D eigenvalue weighted by atomic mass is 35.5. The van der Waals surface area contributed by atoms with Gasteiger partial charge >= 0.3 is 0 Å². The summed E-state index contributed by atoms with van der Waals surface area (Å²) in [6.07, 6.45) is 3.05. The highest BCUT2D eigenvalue weighted by Gasteiger charge is 2.19. The third-order valence-electron chi connectivity index (χ3n) is 3.67. The zero-order valence-corrected chi connectivity index (χ0v) is 14.6. The molecule has 1 unspecified atom stereocenters. The molecule has 0 aliphatic carbocycles. The molecule has 0 bridgehead atoms. The first kappa shape index (κ1) is 17.5. The zero-order chi connectivity index (χ0) is 15.3. The first-order chi connectivity index (χ1) is 9.32. The molecule has 1 aromatic rings. The van der Waals surface area contributed by atoms with Crippen LogP contribution in [0.1, 0.15) is 59.4 Å². The first-order valence-electron chi connectivity index (χ1n) is 7.81. The van der Waals surface area contributed by atoms with Gasteiger partial charge in [0.05, 0.1) is 16.4 Å². The number of hydrogen-bond acceptors (Lipinski definition) is 2. The molecule has 1 heterocycles. The number of aromatic nitrogens is 2. The van der Waals surface area contributed by atoms with Gasteiger partial charge in [0.2, 0.25) is 0 Å². The van der Waals surface area contributed by atoms with Crippen molar-refractivity contribution in [1.29, 1.82) is 0 Å². The molecule has 1 aromatic heterocycles. The largest absolute Gasteiger partial charge is 0.312 e. The highest BCUT2D eigenvalue weighted by molar-refractivity contribution is 6.31. The number of nitrogens with one attached hydrogen (secondary N) is 1. The SMILES string of the molecule is CCc1nn(CC)c(CC(CC)CNC(C)(C)C)c1Cl. The van der Waals surface area contributed by atoms with Crippen LogP contribution in [0.3, 0.4) is 0 Å². The fourth-order valence-corrected chi connectivity index (χ4v) is 2.64. The molecular weight excluding hydrogens is 270 g/mol. The van der Waals surface area contributed by atoms with E-state index in [4.69, 9.17) is 11.6 Å². The smallest absolute Gasteiger partial charge is 0.0849 e. The van der Waals surface area contributed by atoms with Crippen molar-refractivity contribution < 1.29 is 0 Å². The van der Waals surface area contributed by atoms with Crippen molar-refractivity contribution in [1.82, 2.24) is 15.1 Å². The van der Waals surface area contributed by atoms with Crippen molar-refractivity contribution in [3.05, 3.63) is 16.4 Å². The predicted molar refractivity (Wildman–Crippen MR) is 87.5 cm³/mol. The van der Waals surface area contributed by atoms with Crippen LogP contribution in [0, 0.1) is 5.92 Å². The summed E-state index contributed by atoms with van der Waals surface area (Å²) in [7, 11) is 0. The Labute approximate surface area is 129 Å². The highest BCUT2D eigenvalue weighted by Crippen LogP contribution is 2.25. The van der Waals surface area contributed by atoms with Gasteiger partial charge in [0.15, 0.2) is 0 Å². The van der Waals surface area contributed by atoms with Crippen LogP contribution >= 0.6 is 11.6 Å². The van der Waals surface area contributed by atoms with Gasteiger partial charge in [-0.05, 0) is 53.0 Å². The quantitative estimate of drug-likeness (QED) is 0.822. The van der Waals surface area contributed by atoms with Crippen molar-refractivity contribution in [2.45, 2.75) is 72.9 Å². The Balaban J connectivity index is 2.81. The maximum Gasteiger partial charge on any atom is 0.0849 e. The van der Waals surface area contributed by atoms with E-state index in [2.05, 4.69) is 56.6 Å². The fourth-order valence-electron chi connectivity index (χ4n) is 2.30. The minimum Gasteiger partial charge on any atom is -0.312 e. The number of hydrogen-bond donors (Lipinski definition) is 1.